The SMILES string of the molecule is N/C(=N/O)c1c(Cl)cccc1SCc1ccccc1Cl. The van der Waals surface area contributed by atoms with Gasteiger partial charge in [0, 0.05) is 15.7 Å². The van der Waals surface area contributed by atoms with E-state index in [2.05, 4.69) is 5.16 Å². The summed E-state index contributed by atoms with van der Waals surface area (Å²) in [6.07, 6.45) is 0. The molecule has 0 aliphatic carbocycles. The topological polar surface area (TPSA) is 58.6 Å². The molecular weight excluding hydrogens is 315 g/mol. The van der Waals surface area contributed by atoms with Crippen LogP contribution in [-0.2, 0) is 5.75 Å². The van der Waals surface area contributed by atoms with Crippen molar-refractivity contribution in [2.75, 3.05) is 0 Å². The minimum absolute atomic E-state index is 0.00254. The fourth-order valence-corrected chi connectivity index (χ4v) is 3.40. The van der Waals surface area contributed by atoms with Gasteiger partial charge >= 0.3 is 0 Å². The van der Waals surface area contributed by atoms with Gasteiger partial charge in [0.25, 0.3) is 0 Å². The summed E-state index contributed by atoms with van der Waals surface area (Å²) in [5.74, 6) is 0.670. The molecule has 0 spiro atoms. The van der Waals surface area contributed by atoms with Crippen molar-refractivity contribution in [1.82, 2.24) is 0 Å². The Hall–Kier alpha value is -1.36. The highest BCUT2D eigenvalue weighted by molar-refractivity contribution is 7.98. The number of nitrogens with two attached hydrogens (primary N) is 1. The normalized spacial score (nSPS) is 11.6. The van der Waals surface area contributed by atoms with E-state index in [-0.39, 0.29) is 5.84 Å². The van der Waals surface area contributed by atoms with E-state index < -0.39 is 0 Å². The summed E-state index contributed by atoms with van der Waals surface area (Å²) in [7, 11) is 0. The predicted molar refractivity (Wildman–Crippen MR) is 85.0 cm³/mol. The molecule has 2 aromatic rings. The van der Waals surface area contributed by atoms with E-state index in [1.807, 2.05) is 36.4 Å². The average Bonchev–Trinajstić information content (AvgIpc) is 2.46. The first-order valence-corrected chi connectivity index (χ1v) is 7.50. The van der Waals surface area contributed by atoms with Crippen LogP contribution >= 0.6 is 35.0 Å². The molecule has 6 heteroatoms. The van der Waals surface area contributed by atoms with Crippen LogP contribution in [0.15, 0.2) is 52.5 Å². The van der Waals surface area contributed by atoms with E-state index in [1.54, 1.807) is 6.07 Å². The predicted octanol–water partition coefficient (Wildman–Crippen LogP) is 4.38. The zero-order valence-corrected chi connectivity index (χ0v) is 12.7. The zero-order chi connectivity index (χ0) is 14.5. The Morgan fingerprint density at radius 1 is 1.10 bits per heavy atom. The van der Waals surface area contributed by atoms with E-state index >= 15 is 0 Å². The van der Waals surface area contributed by atoms with Gasteiger partial charge in [-0.1, -0.05) is 52.6 Å². The molecule has 0 aliphatic heterocycles. The van der Waals surface area contributed by atoms with Crippen molar-refractivity contribution in [2.45, 2.75) is 10.6 Å². The van der Waals surface area contributed by atoms with Crippen molar-refractivity contribution >= 4 is 40.8 Å². The number of thioether (sulfide) groups is 1. The summed E-state index contributed by atoms with van der Waals surface area (Å²) in [5, 5.41) is 13.0. The Bertz CT molecular complexity index is 647. The second-order valence-corrected chi connectivity index (χ2v) is 5.81. The Morgan fingerprint density at radius 2 is 1.80 bits per heavy atom. The smallest absolute Gasteiger partial charge is 0.172 e. The maximum Gasteiger partial charge on any atom is 0.172 e. The van der Waals surface area contributed by atoms with Gasteiger partial charge in [-0.05, 0) is 23.8 Å². The first-order valence-electron chi connectivity index (χ1n) is 5.76. The maximum atomic E-state index is 8.84. The number of benzene rings is 2. The Balaban J connectivity index is 2.27. The minimum Gasteiger partial charge on any atom is -0.409 e. The standard InChI is InChI=1S/C14H12Cl2N2OS/c15-10-5-2-1-4-9(10)8-20-12-7-3-6-11(16)13(12)14(17)18-19/h1-7,19H,8H2,(H2,17,18). The van der Waals surface area contributed by atoms with E-state index in [1.165, 1.54) is 11.8 Å². The number of amidine groups is 1. The van der Waals surface area contributed by atoms with Gasteiger partial charge in [0.05, 0.1) is 10.6 Å². The van der Waals surface area contributed by atoms with Crippen LogP contribution in [0.1, 0.15) is 11.1 Å². The Morgan fingerprint density at radius 3 is 2.50 bits per heavy atom. The molecule has 3 nitrogen and oxygen atoms in total. The first kappa shape index (κ1) is 15.0. The Kier molecular flexibility index (Phi) is 5.17. The number of halogens is 2. The lowest BCUT2D eigenvalue weighted by Crippen LogP contribution is -2.14. The molecule has 0 radical (unpaired) electrons. The number of oxime groups is 1. The summed E-state index contributed by atoms with van der Waals surface area (Å²) in [5.41, 5.74) is 7.22. The van der Waals surface area contributed by atoms with Crippen LogP contribution in [0, 0.1) is 0 Å². The molecule has 3 N–H and O–H groups in total. The van der Waals surface area contributed by atoms with Gasteiger partial charge in [-0.2, -0.15) is 0 Å². The summed E-state index contributed by atoms with van der Waals surface area (Å²) in [6.45, 7) is 0. The van der Waals surface area contributed by atoms with E-state index in [0.717, 1.165) is 10.5 Å². The largest absolute Gasteiger partial charge is 0.409 e. The van der Waals surface area contributed by atoms with Gasteiger partial charge in [0.2, 0.25) is 0 Å². The molecule has 0 aliphatic rings. The van der Waals surface area contributed by atoms with Crippen molar-refractivity contribution in [3.05, 3.63) is 63.6 Å². The van der Waals surface area contributed by atoms with Crippen molar-refractivity contribution < 1.29 is 5.21 Å². The number of hydrogen-bond donors (Lipinski definition) is 2. The minimum atomic E-state index is -0.00254. The molecule has 0 atom stereocenters. The molecule has 0 heterocycles. The molecule has 0 amide bonds. The van der Waals surface area contributed by atoms with Gasteiger partial charge in [0.15, 0.2) is 5.84 Å². The monoisotopic (exact) mass is 326 g/mol. The fraction of sp³-hybridized carbons (Fsp3) is 0.0714. The van der Waals surface area contributed by atoms with Crippen LogP contribution in [0.5, 0.6) is 0 Å². The number of rotatable bonds is 4. The number of hydrogen-bond acceptors (Lipinski definition) is 3. The highest BCUT2D eigenvalue weighted by Gasteiger charge is 2.12. The summed E-state index contributed by atoms with van der Waals surface area (Å²) < 4.78 is 0. The maximum absolute atomic E-state index is 8.84. The average molecular weight is 327 g/mol. The Labute approximate surface area is 131 Å². The highest BCUT2D eigenvalue weighted by Crippen LogP contribution is 2.32. The lowest BCUT2D eigenvalue weighted by atomic mass is 10.2. The molecule has 0 saturated heterocycles. The third kappa shape index (κ3) is 3.39. The molecule has 20 heavy (non-hydrogen) atoms. The van der Waals surface area contributed by atoms with Crippen molar-refractivity contribution in [3.8, 4) is 0 Å². The van der Waals surface area contributed by atoms with Crippen LogP contribution < -0.4 is 5.73 Å². The second kappa shape index (κ2) is 6.88. The molecule has 0 unspecified atom stereocenters. The molecule has 2 rings (SSSR count). The quantitative estimate of drug-likeness (QED) is 0.288. The van der Waals surface area contributed by atoms with Crippen molar-refractivity contribution in [3.63, 3.8) is 0 Å². The van der Waals surface area contributed by atoms with Crippen LogP contribution in [-0.4, -0.2) is 11.0 Å². The van der Waals surface area contributed by atoms with Crippen molar-refractivity contribution in [2.24, 2.45) is 10.9 Å². The first-order chi connectivity index (χ1) is 9.63. The lowest BCUT2D eigenvalue weighted by Gasteiger charge is -2.10. The molecule has 0 aromatic heterocycles. The van der Waals surface area contributed by atoms with Crippen LogP contribution in [0.25, 0.3) is 0 Å². The third-order valence-electron chi connectivity index (χ3n) is 2.68. The van der Waals surface area contributed by atoms with Crippen LogP contribution in [0.2, 0.25) is 10.0 Å². The third-order valence-corrected chi connectivity index (χ3v) is 4.47. The molecule has 0 bridgehead atoms. The van der Waals surface area contributed by atoms with Crippen LogP contribution in [0.4, 0.5) is 0 Å². The number of nitrogens with zero attached hydrogens (tertiary/aromatic N) is 1. The fourth-order valence-electron chi connectivity index (χ4n) is 1.69. The summed E-state index contributed by atoms with van der Waals surface area (Å²) in [6, 6.07) is 13.0. The van der Waals surface area contributed by atoms with E-state index in [4.69, 9.17) is 34.1 Å². The van der Waals surface area contributed by atoms with Crippen molar-refractivity contribution in [1.29, 1.82) is 0 Å². The summed E-state index contributed by atoms with van der Waals surface area (Å²) in [4.78, 5) is 0.840. The zero-order valence-electron chi connectivity index (χ0n) is 10.4. The highest BCUT2D eigenvalue weighted by atomic mass is 35.5. The van der Waals surface area contributed by atoms with Crippen LogP contribution in [0.3, 0.4) is 0 Å². The lowest BCUT2D eigenvalue weighted by molar-refractivity contribution is 0.318. The molecule has 0 saturated carbocycles. The summed E-state index contributed by atoms with van der Waals surface area (Å²) >= 11 is 13.8. The van der Waals surface area contributed by atoms with Gasteiger partial charge in [-0.15, -0.1) is 11.8 Å². The van der Waals surface area contributed by atoms with Gasteiger partial charge in [-0.3, -0.25) is 0 Å². The molecule has 2 aromatic carbocycles. The molecular formula is C14H12Cl2N2OS. The molecule has 0 fully saturated rings. The van der Waals surface area contributed by atoms with E-state index in [0.29, 0.717) is 21.4 Å². The van der Waals surface area contributed by atoms with E-state index in [9.17, 15) is 0 Å². The van der Waals surface area contributed by atoms with Gasteiger partial charge in [-0.25, -0.2) is 0 Å². The van der Waals surface area contributed by atoms with Gasteiger partial charge in [0.1, 0.15) is 0 Å². The van der Waals surface area contributed by atoms with Gasteiger partial charge < -0.3 is 10.9 Å². The second-order valence-electron chi connectivity index (χ2n) is 3.98. The molecule has 104 valence electrons.